The number of nitrogens with zero attached hydrogens (tertiary/aromatic N) is 3. The lowest BCUT2D eigenvalue weighted by Gasteiger charge is -2.34. The smallest absolute Gasteiger partial charge is 0.271 e. The van der Waals surface area contributed by atoms with Gasteiger partial charge in [-0.05, 0) is 30.3 Å². The van der Waals surface area contributed by atoms with E-state index < -0.39 is 0 Å². The van der Waals surface area contributed by atoms with Crippen molar-refractivity contribution in [2.45, 2.75) is 0 Å². The number of hydrogen-bond donors (Lipinski definition) is 1. The average Bonchev–Trinajstić information content (AvgIpc) is 3.25. The first-order valence-corrected chi connectivity index (χ1v) is 10.1. The Kier molecular flexibility index (Phi) is 6.12. The third kappa shape index (κ3) is 4.96. The standard InChI is InChI=1S/C22H23ClN4O2/c23-18-6-4-5-17(15-18)20-16-21(25-24-20)22(28)27-11-9-26(10-12-27)13-14-29-19-7-2-1-3-8-19/h1-8,15-16H,9-14H2,(H,24,25). The molecule has 0 spiro atoms. The van der Waals surface area contributed by atoms with Gasteiger partial charge in [-0.2, -0.15) is 5.10 Å². The SMILES string of the molecule is O=C(c1cc(-c2cccc(Cl)c2)n[nH]1)N1CCN(CCOc2ccccc2)CC1. The van der Waals surface area contributed by atoms with Gasteiger partial charge >= 0.3 is 0 Å². The van der Waals surface area contributed by atoms with E-state index in [4.69, 9.17) is 16.3 Å². The molecule has 150 valence electrons. The molecule has 29 heavy (non-hydrogen) atoms. The van der Waals surface area contributed by atoms with Crippen LogP contribution in [0.1, 0.15) is 10.5 Å². The molecule has 3 aromatic rings. The molecule has 0 aliphatic carbocycles. The van der Waals surface area contributed by atoms with Crippen LogP contribution in [0.3, 0.4) is 0 Å². The fraction of sp³-hybridized carbons (Fsp3) is 0.273. The van der Waals surface area contributed by atoms with Crippen LogP contribution in [0.25, 0.3) is 11.3 Å². The van der Waals surface area contributed by atoms with Gasteiger partial charge < -0.3 is 9.64 Å². The van der Waals surface area contributed by atoms with Gasteiger partial charge in [-0.25, -0.2) is 0 Å². The third-order valence-electron chi connectivity index (χ3n) is 5.01. The van der Waals surface area contributed by atoms with Crippen LogP contribution in [0.2, 0.25) is 5.02 Å². The molecule has 1 saturated heterocycles. The monoisotopic (exact) mass is 410 g/mol. The first-order chi connectivity index (χ1) is 14.2. The van der Waals surface area contributed by atoms with E-state index in [1.807, 2.05) is 59.5 Å². The molecule has 2 aromatic carbocycles. The number of aromatic amines is 1. The van der Waals surface area contributed by atoms with Crippen molar-refractivity contribution >= 4 is 17.5 Å². The average molecular weight is 411 g/mol. The Morgan fingerprint density at radius 1 is 1.03 bits per heavy atom. The quantitative estimate of drug-likeness (QED) is 0.674. The Balaban J connectivity index is 1.27. The van der Waals surface area contributed by atoms with Crippen molar-refractivity contribution in [1.29, 1.82) is 0 Å². The van der Waals surface area contributed by atoms with Crippen LogP contribution in [0.5, 0.6) is 5.75 Å². The first kappa shape index (κ1) is 19.5. The number of aromatic nitrogens is 2. The van der Waals surface area contributed by atoms with Gasteiger partial charge in [-0.1, -0.05) is 41.9 Å². The lowest BCUT2D eigenvalue weighted by molar-refractivity contribution is 0.0614. The molecule has 0 atom stereocenters. The number of carbonyl (C=O) groups excluding carboxylic acids is 1. The van der Waals surface area contributed by atoms with Crippen molar-refractivity contribution in [1.82, 2.24) is 20.0 Å². The van der Waals surface area contributed by atoms with E-state index in [9.17, 15) is 4.79 Å². The number of nitrogens with one attached hydrogen (secondary N) is 1. The zero-order valence-electron chi connectivity index (χ0n) is 16.1. The van der Waals surface area contributed by atoms with Crippen LogP contribution in [-0.2, 0) is 0 Å². The van der Waals surface area contributed by atoms with Crippen molar-refractivity contribution in [3.8, 4) is 17.0 Å². The van der Waals surface area contributed by atoms with Gasteiger partial charge in [0.15, 0.2) is 0 Å². The normalized spacial score (nSPS) is 14.7. The van der Waals surface area contributed by atoms with Crippen LogP contribution in [0.15, 0.2) is 60.7 Å². The molecule has 1 aliphatic heterocycles. The molecule has 0 radical (unpaired) electrons. The number of rotatable bonds is 6. The topological polar surface area (TPSA) is 61.5 Å². The van der Waals surface area contributed by atoms with Crippen molar-refractivity contribution < 1.29 is 9.53 Å². The Bertz CT molecular complexity index is 952. The van der Waals surface area contributed by atoms with Gasteiger partial charge in [0.1, 0.15) is 18.1 Å². The molecule has 7 heteroatoms. The summed E-state index contributed by atoms with van der Waals surface area (Å²) in [7, 11) is 0. The van der Waals surface area contributed by atoms with Crippen LogP contribution in [0, 0.1) is 0 Å². The number of amides is 1. The van der Waals surface area contributed by atoms with E-state index in [1.165, 1.54) is 0 Å². The maximum absolute atomic E-state index is 12.8. The molecule has 0 unspecified atom stereocenters. The summed E-state index contributed by atoms with van der Waals surface area (Å²) < 4.78 is 5.76. The summed E-state index contributed by atoms with van der Waals surface area (Å²) in [4.78, 5) is 17.0. The molecule has 0 saturated carbocycles. The van der Waals surface area contributed by atoms with Gasteiger partial charge in [0.05, 0.1) is 5.69 Å². The highest BCUT2D eigenvalue weighted by Crippen LogP contribution is 2.22. The van der Waals surface area contributed by atoms with Gasteiger partial charge in [-0.15, -0.1) is 0 Å². The summed E-state index contributed by atoms with van der Waals surface area (Å²) >= 11 is 6.04. The highest BCUT2D eigenvalue weighted by Gasteiger charge is 2.23. The molecule has 1 fully saturated rings. The maximum Gasteiger partial charge on any atom is 0.271 e. The molecular weight excluding hydrogens is 388 g/mol. The zero-order valence-corrected chi connectivity index (χ0v) is 16.8. The van der Waals surface area contributed by atoms with E-state index in [0.29, 0.717) is 36.1 Å². The molecule has 1 N–H and O–H groups in total. The molecule has 1 aromatic heterocycles. The van der Waals surface area contributed by atoms with Crippen molar-refractivity contribution in [2.75, 3.05) is 39.3 Å². The lowest BCUT2D eigenvalue weighted by Crippen LogP contribution is -2.49. The largest absolute Gasteiger partial charge is 0.492 e. The van der Waals surface area contributed by atoms with E-state index in [1.54, 1.807) is 6.07 Å². The molecule has 1 amide bonds. The van der Waals surface area contributed by atoms with Gasteiger partial charge in [0.25, 0.3) is 5.91 Å². The van der Waals surface area contributed by atoms with Gasteiger partial charge in [0.2, 0.25) is 0 Å². The summed E-state index contributed by atoms with van der Waals surface area (Å²) in [5, 5.41) is 7.78. The predicted octanol–water partition coefficient (Wildman–Crippen LogP) is 3.57. The summed E-state index contributed by atoms with van der Waals surface area (Å²) in [5.41, 5.74) is 2.10. The molecule has 0 bridgehead atoms. The second-order valence-electron chi connectivity index (χ2n) is 6.97. The second-order valence-corrected chi connectivity index (χ2v) is 7.41. The van der Waals surface area contributed by atoms with Crippen LogP contribution >= 0.6 is 11.6 Å². The van der Waals surface area contributed by atoms with Gasteiger partial charge in [0, 0.05) is 43.3 Å². The Labute approximate surface area is 175 Å². The molecular formula is C22H23ClN4O2. The Morgan fingerprint density at radius 2 is 1.83 bits per heavy atom. The number of carbonyl (C=O) groups is 1. The van der Waals surface area contributed by atoms with Crippen LogP contribution < -0.4 is 4.74 Å². The molecule has 6 nitrogen and oxygen atoms in total. The summed E-state index contributed by atoms with van der Waals surface area (Å²) in [6, 6.07) is 19.0. The van der Waals surface area contributed by atoms with Crippen molar-refractivity contribution in [3.05, 3.63) is 71.4 Å². The fourth-order valence-electron chi connectivity index (χ4n) is 3.38. The number of para-hydroxylation sites is 1. The Hall–Kier alpha value is -2.83. The fourth-order valence-corrected chi connectivity index (χ4v) is 3.57. The van der Waals surface area contributed by atoms with Gasteiger partial charge in [-0.3, -0.25) is 14.8 Å². The van der Waals surface area contributed by atoms with E-state index in [0.717, 1.165) is 30.9 Å². The first-order valence-electron chi connectivity index (χ1n) is 9.70. The molecule has 2 heterocycles. The van der Waals surface area contributed by atoms with E-state index in [2.05, 4.69) is 15.1 Å². The molecule has 1 aliphatic rings. The van der Waals surface area contributed by atoms with Crippen molar-refractivity contribution in [3.63, 3.8) is 0 Å². The number of piperazine rings is 1. The number of ether oxygens (including phenoxy) is 1. The minimum Gasteiger partial charge on any atom is -0.492 e. The summed E-state index contributed by atoms with van der Waals surface area (Å²) in [6.45, 7) is 4.53. The third-order valence-corrected chi connectivity index (χ3v) is 5.24. The van der Waals surface area contributed by atoms with E-state index >= 15 is 0 Å². The predicted molar refractivity (Wildman–Crippen MR) is 113 cm³/mol. The van der Waals surface area contributed by atoms with Crippen LogP contribution in [-0.4, -0.2) is 65.2 Å². The number of hydrogen-bond acceptors (Lipinski definition) is 4. The molecule has 4 rings (SSSR count). The minimum absolute atomic E-state index is 0.0223. The minimum atomic E-state index is -0.0223. The second kappa shape index (κ2) is 9.11. The maximum atomic E-state index is 12.8. The Morgan fingerprint density at radius 3 is 2.59 bits per heavy atom. The van der Waals surface area contributed by atoms with Crippen LogP contribution in [0.4, 0.5) is 0 Å². The highest BCUT2D eigenvalue weighted by atomic mass is 35.5. The number of halogens is 1. The lowest BCUT2D eigenvalue weighted by atomic mass is 10.1. The zero-order chi connectivity index (χ0) is 20.1. The highest BCUT2D eigenvalue weighted by molar-refractivity contribution is 6.30. The number of benzene rings is 2. The summed E-state index contributed by atoms with van der Waals surface area (Å²) in [5.74, 6) is 0.863. The van der Waals surface area contributed by atoms with Crippen molar-refractivity contribution in [2.24, 2.45) is 0 Å². The summed E-state index contributed by atoms with van der Waals surface area (Å²) in [6.07, 6.45) is 0. The number of H-pyrrole nitrogens is 1. The van der Waals surface area contributed by atoms with E-state index in [-0.39, 0.29) is 5.91 Å².